The van der Waals surface area contributed by atoms with E-state index in [0.717, 1.165) is 43.1 Å². The number of hydrogen-bond acceptors (Lipinski definition) is 3. The number of H-pyrrole nitrogens is 1. The molecule has 0 spiro atoms. The third-order valence-electron chi connectivity index (χ3n) is 4.22. The third-order valence-corrected chi connectivity index (χ3v) is 5.47. The second-order valence-corrected chi connectivity index (χ2v) is 7.25. The summed E-state index contributed by atoms with van der Waals surface area (Å²) in [6.07, 6.45) is 2.40. The number of carbonyl (C=O) groups excluding carboxylic acids is 1. The molecule has 1 saturated heterocycles. The van der Waals surface area contributed by atoms with Crippen LogP contribution in [-0.4, -0.2) is 39.8 Å². The topological polar surface area (TPSA) is 49.0 Å². The van der Waals surface area contributed by atoms with Gasteiger partial charge in [0.05, 0.1) is 5.69 Å². The Morgan fingerprint density at radius 2 is 2.22 bits per heavy atom. The molecule has 0 aliphatic carbocycles. The molecule has 2 aromatic rings. The first-order valence-corrected chi connectivity index (χ1v) is 9.16. The first-order valence-electron chi connectivity index (χ1n) is 8.17. The Balaban J connectivity index is 1.41. The van der Waals surface area contributed by atoms with E-state index in [4.69, 9.17) is 0 Å². The Morgan fingerprint density at radius 1 is 1.39 bits per heavy atom. The van der Waals surface area contributed by atoms with E-state index in [9.17, 15) is 4.79 Å². The van der Waals surface area contributed by atoms with Crippen molar-refractivity contribution in [3.05, 3.63) is 47.8 Å². The highest BCUT2D eigenvalue weighted by molar-refractivity contribution is 7.99. The number of thioether (sulfide) groups is 1. The zero-order chi connectivity index (χ0) is 16.1. The fourth-order valence-corrected chi connectivity index (χ4v) is 3.97. The SMILES string of the molecule is Cc1cc(CCC(=O)N2CCC(CSc3ccccc3)C2)n[nH]1. The van der Waals surface area contributed by atoms with Crippen molar-refractivity contribution in [2.75, 3.05) is 18.8 Å². The van der Waals surface area contributed by atoms with Crippen molar-refractivity contribution in [2.24, 2.45) is 5.92 Å². The highest BCUT2D eigenvalue weighted by Gasteiger charge is 2.26. The minimum atomic E-state index is 0.262. The Morgan fingerprint density at radius 3 is 2.96 bits per heavy atom. The molecule has 0 saturated carbocycles. The number of aromatic nitrogens is 2. The number of hydrogen-bond donors (Lipinski definition) is 1. The molecule has 3 rings (SSSR count). The summed E-state index contributed by atoms with van der Waals surface area (Å²) in [5, 5.41) is 7.12. The lowest BCUT2D eigenvalue weighted by atomic mass is 10.2. The van der Waals surface area contributed by atoms with Crippen LogP contribution in [0, 0.1) is 12.8 Å². The van der Waals surface area contributed by atoms with Gasteiger partial charge in [0, 0.05) is 42.3 Å². The van der Waals surface area contributed by atoms with Crippen molar-refractivity contribution in [3.63, 3.8) is 0 Å². The molecule has 1 amide bonds. The largest absolute Gasteiger partial charge is 0.342 e. The van der Waals surface area contributed by atoms with Gasteiger partial charge in [0.25, 0.3) is 0 Å². The van der Waals surface area contributed by atoms with Crippen LogP contribution in [0.15, 0.2) is 41.3 Å². The van der Waals surface area contributed by atoms with Gasteiger partial charge in [0.15, 0.2) is 0 Å². The second-order valence-electron chi connectivity index (χ2n) is 6.16. The minimum absolute atomic E-state index is 0.262. The van der Waals surface area contributed by atoms with E-state index < -0.39 is 0 Å². The molecule has 1 aliphatic heterocycles. The van der Waals surface area contributed by atoms with Gasteiger partial charge in [-0.15, -0.1) is 11.8 Å². The van der Waals surface area contributed by atoms with E-state index in [1.165, 1.54) is 4.90 Å². The molecule has 0 bridgehead atoms. The van der Waals surface area contributed by atoms with Crippen molar-refractivity contribution in [1.82, 2.24) is 15.1 Å². The maximum atomic E-state index is 12.3. The molecule has 1 fully saturated rings. The second kappa shape index (κ2) is 7.68. The van der Waals surface area contributed by atoms with Crippen LogP contribution in [0.5, 0.6) is 0 Å². The fourth-order valence-electron chi connectivity index (χ4n) is 2.92. The number of nitrogens with one attached hydrogen (secondary N) is 1. The van der Waals surface area contributed by atoms with Crippen LogP contribution >= 0.6 is 11.8 Å². The minimum Gasteiger partial charge on any atom is -0.342 e. The van der Waals surface area contributed by atoms with Crippen LogP contribution in [0.4, 0.5) is 0 Å². The average Bonchev–Trinajstić information content (AvgIpc) is 3.21. The van der Waals surface area contributed by atoms with Gasteiger partial charge in [-0.2, -0.15) is 5.10 Å². The number of rotatable bonds is 6. The molecule has 5 heteroatoms. The molecule has 1 aromatic carbocycles. The molecule has 4 nitrogen and oxygen atoms in total. The average molecular weight is 329 g/mol. The Hall–Kier alpha value is -1.75. The predicted molar refractivity (Wildman–Crippen MR) is 93.5 cm³/mol. The number of aryl methyl sites for hydroxylation is 2. The first kappa shape index (κ1) is 16.1. The number of aromatic amines is 1. The molecule has 1 aromatic heterocycles. The van der Waals surface area contributed by atoms with Crippen molar-refractivity contribution in [3.8, 4) is 0 Å². The lowest BCUT2D eigenvalue weighted by Crippen LogP contribution is -2.29. The summed E-state index contributed by atoms with van der Waals surface area (Å²) >= 11 is 1.89. The molecule has 1 atom stereocenters. The van der Waals surface area contributed by atoms with Crippen molar-refractivity contribution >= 4 is 17.7 Å². The van der Waals surface area contributed by atoms with Gasteiger partial charge in [0.2, 0.25) is 5.91 Å². The van der Waals surface area contributed by atoms with Gasteiger partial charge in [0.1, 0.15) is 0 Å². The van der Waals surface area contributed by atoms with E-state index >= 15 is 0 Å². The molecule has 23 heavy (non-hydrogen) atoms. The maximum Gasteiger partial charge on any atom is 0.222 e. The van der Waals surface area contributed by atoms with Crippen LogP contribution in [0.3, 0.4) is 0 Å². The number of carbonyl (C=O) groups is 1. The van der Waals surface area contributed by atoms with E-state index in [-0.39, 0.29) is 5.91 Å². The Kier molecular flexibility index (Phi) is 5.39. The summed E-state index contributed by atoms with van der Waals surface area (Å²) in [6.45, 7) is 3.78. The summed E-state index contributed by atoms with van der Waals surface area (Å²) in [6, 6.07) is 12.5. The van der Waals surface area contributed by atoms with Crippen LogP contribution in [0.2, 0.25) is 0 Å². The van der Waals surface area contributed by atoms with Crippen LogP contribution < -0.4 is 0 Å². The Bertz CT molecular complexity index is 641. The quantitative estimate of drug-likeness (QED) is 0.827. The van der Waals surface area contributed by atoms with Gasteiger partial charge < -0.3 is 4.90 Å². The number of benzene rings is 1. The van der Waals surface area contributed by atoms with Crippen LogP contribution in [0.1, 0.15) is 24.2 Å². The predicted octanol–water partition coefficient (Wildman–Crippen LogP) is 3.29. The highest BCUT2D eigenvalue weighted by Crippen LogP contribution is 2.26. The molecule has 1 N–H and O–H groups in total. The van der Waals surface area contributed by atoms with E-state index in [1.807, 2.05) is 35.7 Å². The van der Waals surface area contributed by atoms with Crippen molar-refractivity contribution in [2.45, 2.75) is 31.1 Å². The lowest BCUT2D eigenvalue weighted by molar-refractivity contribution is -0.130. The summed E-state index contributed by atoms with van der Waals surface area (Å²) in [5.74, 6) is 1.96. The van der Waals surface area contributed by atoms with Gasteiger partial charge in [-0.3, -0.25) is 9.89 Å². The summed E-state index contributed by atoms with van der Waals surface area (Å²) in [5.41, 5.74) is 2.03. The monoisotopic (exact) mass is 329 g/mol. The Labute approximate surface area is 141 Å². The van der Waals surface area contributed by atoms with E-state index in [2.05, 4.69) is 34.5 Å². The van der Waals surface area contributed by atoms with Gasteiger partial charge >= 0.3 is 0 Å². The molecular weight excluding hydrogens is 306 g/mol. The normalized spacial score (nSPS) is 17.6. The van der Waals surface area contributed by atoms with Crippen molar-refractivity contribution < 1.29 is 4.79 Å². The van der Waals surface area contributed by atoms with Crippen LogP contribution in [0.25, 0.3) is 0 Å². The van der Waals surface area contributed by atoms with Gasteiger partial charge in [-0.25, -0.2) is 0 Å². The molecular formula is C18H23N3OS. The summed E-state index contributed by atoms with van der Waals surface area (Å²) < 4.78 is 0. The first-order chi connectivity index (χ1) is 11.2. The van der Waals surface area contributed by atoms with Gasteiger partial charge in [-0.05, 0) is 37.5 Å². The third kappa shape index (κ3) is 4.61. The molecule has 2 heterocycles. The summed E-state index contributed by atoms with van der Waals surface area (Å²) in [7, 11) is 0. The molecule has 122 valence electrons. The maximum absolute atomic E-state index is 12.3. The lowest BCUT2D eigenvalue weighted by Gasteiger charge is -2.16. The molecule has 0 radical (unpaired) electrons. The number of likely N-dealkylation sites (tertiary alicyclic amines) is 1. The smallest absolute Gasteiger partial charge is 0.222 e. The standard InChI is InChI=1S/C18H23N3OS/c1-14-11-16(20-19-14)7-8-18(22)21-10-9-15(12-21)13-23-17-5-3-2-4-6-17/h2-6,11,15H,7-10,12-13H2,1H3,(H,19,20). The molecule has 1 aliphatic rings. The van der Waals surface area contributed by atoms with Gasteiger partial charge in [-0.1, -0.05) is 18.2 Å². The summed E-state index contributed by atoms with van der Waals surface area (Å²) in [4.78, 5) is 15.7. The van der Waals surface area contributed by atoms with Crippen LogP contribution in [-0.2, 0) is 11.2 Å². The highest BCUT2D eigenvalue weighted by atomic mass is 32.2. The number of amides is 1. The zero-order valence-corrected chi connectivity index (χ0v) is 14.3. The fraction of sp³-hybridized carbons (Fsp3) is 0.444. The zero-order valence-electron chi connectivity index (χ0n) is 13.5. The van der Waals surface area contributed by atoms with Crippen molar-refractivity contribution in [1.29, 1.82) is 0 Å². The number of nitrogens with zero attached hydrogens (tertiary/aromatic N) is 2. The molecule has 1 unspecified atom stereocenters. The van der Waals surface area contributed by atoms with E-state index in [0.29, 0.717) is 12.3 Å². The van der Waals surface area contributed by atoms with E-state index in [1.54, 1.807) is 0 Å².